The summed E-state index contributed by atoms with van der Waals surface area (Å²) in [7, 11) is 0. The Hall–Kier alpha value is -2.40. The number of carbonyl (C=O) groups is 1. The Kier molecular flexibility index (Phi) is 4.89. The quantitative estimate of drug-likeness (QED) is 0.869. The van der Waals surface area contributed by atoms with Crippen molar-refractivity contribution in [3.8, 4) is 16.9 Å². The molecule has 2 saturated heterocycles. The minimum atomic E-state index is -0.486. The summed E-state index contributed by atoms with van der Waals surface area (Å²) in [6.45, 7) is 0.620. The number of rotatable bonds is 4. The fourth-order valence-electron chi connectivity index (χ4n) is 4.16. The summed E-state index contributed by atoms with van der Waals surface area (Å²) < 4.78 is 19.6. The summed E-state index contributed by atoms with van der Waals surface area (Å²) >= 11 is 0. The standard InChI is InChI=1S/C21H23FN2O2/c22-19-7-3-1-5-17(19)18-6-2-4-8-20(18)26-21(25)23-13-14-11-15-9-10-16(12-14)24-15/h1-8,14-16,24H,9-13H2,(H,23,25). The van der Waals surface area contributed by atoms with Gasteiger partial charge in [0, 0.05) is 29.8 Å². The molecule has 2 aliphatic heterocycles. The molecule has 2 N–H and O–H groups in total. The van der Waals surface area contributed by atoms with Crippen LogP contribution in [-0.4, -0.2) is 24.7 Å². The fourth-order valence-corrected chi connectivity index (χ4v) is 4.16. The molecule has 2 heterocycles. The van der Waals surface area contributed by atoms with Gasteiger partial charge in [0.15, 0.2) is 0 Å². The molecular formula is C21H23FN2O2. The maximum absolute atomic E-state index is 14.1. The summed E-state index contributed by atoms with van der Waals surface area (Å²) in [6, 6.07) is 14.7. The van der Waals surface area contributed by atoms with Crippen LogP contribution in [0, 0.1) is 11.7 Å². The summed E-state index contributed by atoms with van der Waals surface area (Å²) in [6.07, 6.45) is 4.19. The van der Waals surface area contributed by atoms with E-state index in [1.165, 1.54) is 18.9 Å². The zero-order valence-corrected chi connectivity index (χ0v) is 14.6. The van der Waals surface area contributed by atoms with Gasteiger partial charge in [-0.3, -0.25) is 0 Å². The molecular weight excluding hydrogens is 331 g/mol. The molecule has 4 rings (SSSR count). The van der Waals surface area contributed by atoms with Crippen LogP contribution in [0.15, 0.2) is 48.5 Å². The monoisotopic (exact) mass is 354 g/mol. The van der Waals surface area contributed by atoms with Crippen LogP contribution in [0.3, 0.4) is 0 Å². The number of amides is 1. The van der Waals surface area contributed by atoms with Crippen molar-refractivity contribution >= 4 is 6.09 Å². The molecule has 0 radical (unpaired) electrons. The zero-order valence-electron chi connectivity index (χ0n) is 14.6. The van der Waals surface area contributed by atoms with Crippen molar-refractivity contribution in [1.29, 1.82) is 0 Å². The molecule has 1 amide bonds. The second-order valence-electron chi connectivity index (χ2n) is 7.22. The molecule has 2 atom stereocenters. The van der Waals surface area contributed by atoms with Crippen LogP contribution in [0.5, 0.6) is 5.75 Å². The molecule has 136 valence electrons. The van der Waals surface area contributed by atoms with Crippen LogP contribution >= 0.6 is 0 Å². The van der Waals surface area contributed by atoms with E-state index in [9.17, 15) is 9.18 Å². The van der Waals surface area contributed by atoms with E-state index in [4.69, 9.17) is 4.74 Å². The average molecular weight is 354 g/mol. The van der Waals surface area contributed by atoms with Crippen molar-refractivity contribution in [2.24, 2.45) is 5.92 Å². The SMILES string of the molecule is O=C(NCC1CC2CCC(C1)N2)Oc1ccccc1-c1ccccc1F. The average Bonchev–Trinajstić information content (AvgIpc) is 2.99. The molecule has 26 heavy (non-hydrogen) atoms. The van der Waals surface area contributed by atoms with E-state index in [0.717, 1.165) is 12.8 Å². The normalized spacial score (nSPS) is 24.3. The Morgan fingerprint density at radius 2 is 1.69 bits per heavy atom. The van der Waals surface area contributed by atoms with E-state index in [0.29, 0.717) is 41.4 Å². The van der Waals surface area contributed by atoms with Crippen LogP contribution < -0.4 is 15.4 Å². The van der Waals surface area contributed by atoms with Crippen LogP contribution in [0.1, 0.15) is 25.7 Å². The summed E-state index contributed by atoms with van der Waals surface area (Å²) in [4.78, 5) is 12.3. The van der Waals surface area contributed by atoms with Crippen LogP contribution in [0.25, 0.3) is 11.1 Å². The van der Waals surface area contributed by atoms with Gasteiger partial charge in [0.25, 0.3) is 0 Å². The first-order valence-electron chi connectivity index (χ1n) is 9.24. The Labute approximate surface area is 152 Å². The molecule has 0 saturated carbocycles. The molecule has 2 aromatic rings. The smallest absolute Gasteiger partial charge is 0.410 e. The Morgan fingerprint density at radius 1 is 1.04 bits per heavy atom. The highest BCUT2D eigenvalue weighted by Crippen LogP contribution is 2.32. The fraction of sp³-hybridized carbons (Fsp3) is 0.381. The first-order valence-corrected chi connectivity index (χ1v) is 9.24. The third kappa shape index (κ3) is 3.73. The van der Waals surface area contributed by atoms with Gasteiger partial charge >= 0.3 is 6.09 Å². The Balaban J connectivity index is 1.40. The minimum absolute atomic E-state index is 0.339. The number of ether oxygens (including phenoxy) is 1. The molecule has 0 spiro atoms. The van der Waals surface area contributed by atoms with Crippen LogP contribution in [0.2, 0.25) is 0 Å². The number of carbonyl (C=O) groups excluding carboxylic acids is 1. The van der Waals surface area contributed by atoms with Gasteiger partial charge in [0.1, 0.15) is 11.6 Å². The topological polar surface area (TPSA) is 50.4 Å². The molecule has 2 bridgehead atoms. The molecule has 5 heteroatoms. The summed E-state index contributed by atoms with van der Waals surface area (Å²) in [5, 5.41) is 6.48. The highest BCUT2D eigenvalue weighted by atomic mass is 19.1. The number of halogens is 1. The second kappa shape index (κ2) is 7.46. The van der Waals surface area contributed by atoms with E-state index >= 15 is 0 Å². The van der Waals surface area contributed by atoms with E-state index in [2.05, 4.69) is 10.6 Å². The van der Waals surface area contributed by atoms with Crippen molar-refractivity contribution in [2.45, 2.75) is 37.8 Å². The molecule has 2 unspecified atom stereocenters. The van der Waals surface area contributed by atoms with E-state index in [1.807, 2.05) is 0 Å². The molecule has 0 aliphatic carbocycles. The van der Waals surface area contributed by atoms with Crippen molar-refractivity contribution < 1.29 is 13.9 Å². The molecule has 2 aliphatic rings. The van der Waals surface area contributed by atoms with E-state index in [1.54, 1.807) is 42.5 Å². The van der Waals surface area contributed by atoms with E-state index in [-0.39, 0.29) is 5.82 Å². The maximum atomic E-state index is 14.1. The van der Waals surface area contributed by atoms with Gasteiger partial charge in [0.2, 0.25) is 0 Å². The minimum Gasteiger partial charge on any atom is -0.410 e. The molecule has 4 nitrogen and oxygen atoms in total. The third-order valence-electron chi connectivity index (χ3n) is 5.36. The van der Waals surface area contributed by atoms with Crippen molar-refractivity contribution in [3.63, 3.8) is 0 Å². The molecule has 2 fully saturated rings. The molecule has 0 aromatic heterocycles. The number of hydrogen-bond donors (Lipinski definition) is 2. The second-order valence-corrected chi connectivity index (χ2v) is 7.22. The van der Waals surface area contributed by atoms with Crippen molar-refractivity contribution in [2.75, 3.05) is 6.54 Å². The van der Waals surface area contributed by atoms with Gasteiger partial charge in [-0.15, -0.1) is 0 Å². The zero-order chi connectivity index (χ0) is 17.9. The lowest BCUT2D eigenvalue weighted by Crippen LogP contribution is -2.42. The largest absolute Gasteiger partial charge is 0.412 e. The van der Waals surface area contributed by atoms with Gasteiger partial charge in [-0.2, -0.15) is 0 Å². The third-order valence-corrected chi connectivity index (χ3v) is 5.36. The number of hydrogen-bond acceptors (Lipinski definition) is 3. The number of nitrogens with one attached hydrogen (secondary N) is 2. The first kappa shape index (κ1) is 17.0. The predicted molar refractivity (Wildman–Crippen MR) is 98.5 cm³/mol. The Bertz CT molecular complexity index is 783. The van der Waals surface area contributed by atoms with Crippen molar-refractivity contribution in [3.05, 3.63) is 54.3 Å². The van der Waals surface area contributed by atoms with E-state index < -0.39 is 6.09 Å². The number of benzene rings is 2. The van der Waals surface area contributed by atoms with Gasteiger partial charge in [-0.05, 0) is 43.7 Å². The summed E-state index contributed by atoms with van der Waals surface area (Å²) in [5.74, 6) is 0.512. The lowest BCUT2D eigenvalue weighted by atomic mass is 9.92. The van der Waals surface area contributed by atoms with Crippen molar-refractivity contribution in [1.82, 2.24) is 10.6 Å². The van der Waals surface area contributed by atoms with Crippen LogP contribution in [-0.2, 0) is 0 Å². The van der Waals surface area contributed by atoms with Gasteiger partial charge in [-0.25, -0.2) is 9.18 Å². The maximum Gasteiger partial charge on any atom is 0.412 e. The number of piperidine rings is 1. The number of para-hydroxylation sites is 1. The Morgan fingerprint density at radius 3 is 2.42 bits per heavy atom. The lowest BCUT2D eigenvalue weighted by Gasteiger charge is -2.29. The lowest BCUT2D eigenvalue weighted by molar-refractivity contribution is 0.195. The number of fused-ring (bicyclic) bond motifs is 2. The van der Waals surface area contributed by atoms with Crippen LogP contribution in [0.4, 0.5) is 9.18 Å². The summed E-state index contributed by atoms with van der Waals surface area (Å²) in [5.41, 5.74) is 0.992. The highest BCUT2D eigenvalue weighted by Gasteiger charge is 2.33. The molecule has 2 aromatic carbocycles. The van der Waals surface area contributed by atoms with Gasteiger partial charge in [-0.1, -0.05) is 36.4 Å². The van der Waals surface area contributed by atoms with Gasteiger partial charge < -0.3 is 15.4 Å². The highest BCUT2D eigenvalue weighted by molar-refractivity contribution is 5.77. The van der Waals surface area contributed by atoms with Gasteiger partial charge in [0.05, 0.1) is 0 Å². The predicted octanol–water partition coefficient (Wildman–Crippen LogP) is 4.11. The first-order chi connectivity index (χ1) is 12.7.